The molecule has 2 aromatic carbocycles. The highest BCUT2D eigenvalue weighted by Crippen LogP contribution is 2.31. The van der Waals surface area contributed by atoms with Crippen molar-refractivity contribution in [2.24, 2.45) is 0 Å². The number of fused-ring (bicyclic) bond motifs is 1. The first-order chi connectivity index (χ1) is 12.1. The first kappa shape index (κ1) is 17.0. The Hall–Kier alpha value is -2.82. The van der Waals surface area contributed by atoms with E-state index in [1.54, 1.807) is 36.3 Å². The second kappa shape index (κ2) is 7.38. The molecule has 130 valence electrons. The third-order valence-corrected chi connectivity index (χ3v) is 4.57. The lowest BCUT2D eigenvalue weighted by Gasteiger charge is -2.30. The van der Waals surface area contributed by atoms with E-state index in [2.05, 4.69) is 0 Å². The number of anilines is 2. The summed E-state index contributed by atoms with van der Waals surface area (Å²) < 4.78 is 5.09. The van der Waals surface area contributed by atoms with E-state index in [0.717, 1.165) is 29.8 Å². The Kier molecular flexibility index (Phi) is 5.03. The number of carbonyl (C=O) groups excluding carboxylic acids is 2. The van der Waals surface area contributed by atoms with Crippen LogP contribution in [0, 0.1) is 0 Å². The average Bonchev–Trinajstić information content (AvgIpc) is 2.66. The van der Waals surface area contributed by atoms with Crippen LogP contribution in [-0.4, -0.2) is 25.3 Å². The third-order valence-electron chi connectivity index (χ3n) is 4.57. The minimum Gasteiger partial charge on any atom is -0.497 e. The van der Waals surface area contributed by atoms with Gasteiger partial charge < -0.3 is 15.4 Å². The molecule has 0 spiro atoms. The van der Waals surface area contributed by atoms with E-state index in [1.807, 2.05) is 18.2 Å². The van der Waals surface area contributed by atoms with E-state index >= 15 is 0 Å². The van der Waals surface area contributed by atoms with Crippen LogP contribution in [0.5, 0.6) is 5.75 Å². The number of ketones is 1. The molecule has 1 aliphatic rings. The van der Waals surface area contributed by atoms with Gasteiger partial charge in [-0.1, -0.05) is 6.07 Å². The van der Waals surface area contributed by atoms with Gasteiger partial charge in [-0.2, -0.15) is 0 Å². The molecular formula is C20H22N2O3. The van der Waals surface area contributed by atoms with Crippen LogP contribution < -0.4 is 15.4 Å². The van der Waals surface area contributed by atoms with Crippen LogP contribution in [0.1, 0.15) is 35.2 Å². The van der Waals surface area contributed by atoms with Gasteiger partial charge in [0, 0.05) is 36.3 Å². The molecule has 25 heavy (non-hydrogen) atoms. The van der Waals surface area contributed by atoms with Crippen molar-refractivity contribution >= 4 is 23.1 Å². The Morgan fingerprint density at radius 2 is 1.88 bits per heavy atom. The van der Waals surface area contributed by atoms with Crippen LogP contribution >= 0.6 is 0 Å². The maximum Gasteiger partial charge on any atom is 0.227 e. The topological polar surface area (TPSA) is 72.6 Å². The van der Waals surface area contributed by atoms with Gasteiger partial charge in [0.25, 0.3) is 0 Å². The molecule has 2 aromatic rings. The van der Waals surface area contributed by atoms with Crippen molar-refractivity contribution in [2.75, 3.05) is 24.3 Å². The van der Waals surface area contributed by atoms with E-state index in [4.69, 9.17) is 10.5 Å². The van der Waals surface area contributed by atoms with Gasteiger partial charge in [0.1, 0.15) is 5.75 Å². The minimum absolute atomic E-state index is 0.0339. The van der Waals surface area contributed by atoms with Crippen LogP contribution in [-0.2, 0) is 11.2 Å². The van der Waals surface area contributed by atoms with Gasteiger partial charge in [0.05, 0.1) is 7.11 Å². The first-order valence-electron chi connectivity index (χ1n) is 8.45. The molecule has 0 unspecified atom stereocenters. The fraction of sp³-hybridized carbons (Fsp3) is 0.300. The van der Waals surface area contributed by atoms with E-state index in [0.29, 0.717) is 17.9 Å². The summed E-state index contributed by atoms with van der Waals surface area (Å²) in [5, 5.41) is 0. The molecule has 5 heteroatoms. The number of carbonyl (C=O) groups is 2. The van der Waals surface area contributed by atoms with E-state index < -0.39 is 0 Å². The maximum absolute atomic E-state index is 12.6. The van der Waals surface area contributed by atoms with Crippen LogP contribution in [0.3, 0.4) is 0 Å². The van der Waals surface area contributed by atoms with Crippen LogP contribution in [0.4, 0.5) is 11.4 Å². The predicted octanol–water partition coefficient (Wildman–Crippen LogP) is 3.22. The van der Waals surface area contributed by atoms with Gasteiger partial charge in [-0.15, -0.1) is 0 Å². The summed E-state index contributed by atoms with van der Waals surface area (Å²) in [6, 6.07) is 12.6. The highest BCUT2D eigenvalue weighted by Gasteiger charge is 2.24. The molecule has 0 radical (unpaired) electrons. The summed E-state index contributed by atoms with van der Waals surface area (Å²) >= 11 is 0. The zero-order chi connectivity index (χ0) is 17.8. The number of amides is 1. The molecule has 2 N–H and O–H groups in total. The summed E-state index contributed by atoms with van der Waals surface area (Å²) in [4.78, 5) is 26.7. The summed E-state index contributed by atoms with van der Waals surface area (Å²) in [7, 11) is 1.58. The summed E-state index contributed by atoms with van der Waals surface area (Å²) in [5.74, 6) is 0.629. The fourth-order valence-corrected chi connectivity index (χ4v) is 3.19. The van der Waals surface area contributed by atoms with Gasteiger partial charge >= 0.3 is 0 Å². The van der Waals surface area contributed by atoms with Crippen molar-refractivity contribution in [3.8, 4) is 5.75 Å². The second-order valence-corrected chi connectivity index (χ2v) is 6.15. The Morgan fingerprint density at radius 3 is 2.60 bits per heavy atom. The number of nitrogen functional groups attached to an aromatic ring is 1. The number of nitrogens with two attached hydrogens (primary N) is 1. The highest BCUT2D eigenvalue weighted by molar-refractivity contribution is 6.01. The Bertz CT molecular complexity index is 784. The Morgan fingerprint density at radius 1 is 1.12 bits per heavy atom. The summed E-state index contributed by atoms with van der Waals surface area (Å²) in [5.41, 5.74) is 9.26. The smallest absolute Gasteiger partial charge is 0.227 e. The average molecular weight is 338 g/mol. The van der Waals surface area contributed by atoms with Gasteiger partial charge in [-0.05, 0) is 54.8 Å². The zero-order valence-electron chi connectivity index (χ0n) is 14.3. The molecule has 0 atom stereocenters. The molecule has 0 bridgehead atoms. The van der Waals surface area contributed by atoms with Gasteiger partial charge in [0.2, 0.25) is 5.91 Å². The van der Waals surface area contributed by atoms with Crippen LogP contribution in [0.15, 0.2) is 42.5 Å². The highest BCUT2D eigenvalue weighted by atomic mass is 16.5. The van der Waals surface area contributed by atoms with Crippen molar-refractivity contribution < 1.29 is 14.3 Å². The zero-order valence-corrected chi connectivity index (χ0v) is 14.3. The van der Waals surface area contributed by atoms with Crippen LogP contribution in [0.25, 0.3) is 0 Å². The Labute approximate surface area is 147 Å². The van der Waals surface area contributed by atoms with Crippen molar-refractivity contribution in [1.82, 2.24) is 0 Å². The summed E-state index contributed by atoms with van der Waals surface area (Å²) in [6.07, 6.45) is 2.16. The molecule has 1 amide bonds. The molecular weight excluding hydrogens is 316 g/mol. The summed E-state index contributed by atoms with van der Waals surface area (Å²) in [6.45, 7) is 0.673. The quantitative estimate of drug-likeness (QED) is 0.671. The predicted molar refractivity (Wildman–Crippen MR) is 98.1 cm³/mol. The van der Waals surface area contributed by atoms with Crippen LogP contribution in [0.2, 0.25) is 0 Å². The Balaban J connectivity index is 1.65. The molecule has 0 aliphatic carbocycles. The monoisotopic (exact) mass is 338 g/mol. The molecule has 0 saturated heterocycles. The van der Waals surface area contributed by atoms with E-state index in [1.165, 1.54) is 0 Å². The van der Waals surface area contributed by atoms with E-state index in [9.17, 15) is 9.59 Å². The maximum atomic E-state index is 12.6. The van der Waals surface area contributed by atoms with Crippen molar-refractivity contribution in [3.63, 3.8) is 0 Å². The first-order valence-corrected chi connectivity index (χ1v) is 8.45. The van der Waals surface area contributed by atoms with Gasteiger partial charge in [-0.25, -0.2) is 0 Å². The number of rotatable bonds is 5. The minimum atomic E-state index is -0.0409. The molecule has 0 aromatic heterocycles. The van der Waals surface area contributed by atoms with Crippen molar-refractivity contribution in [2.45, 2.75) is 25.7 Å². The molecule has 0 fully saturated rings. The number of benzene rings is 2. The number of hydrogen-bond donors (Lipinski definition) is 1. The number of ether oxygens (including phenoxy) is 1. The van der Waals surface area contributed by atoms with Crippen molar-refractivity contribution in [3.05, 3.63) is 53.6 Å². The number of Topliss-reactive ketones (excluding diaryl/α,β-unsaturated/α-hetero) is 1. The largest absolute Gasteiger partial charge is 0.497 e. The lowest BCUT2D eigenvalue weighted by Crippen LogP contribution is -2.35. The molecule has 3 rings (SSSR count). The number of hydrogen-bond acceptors (Lipinski definition) is 4. The molecule has 0 saturated carbocycles. The lowest BCUT2D eigenvalue weighted by atomic mass is 9.99. The molecule has 1 aliphatic heterocycles. The number of methoxy groups -OCH3 is 1. The van der Waals surface area contributed by atoms with Gasteiger partial charge in [0.15, 0.2) is 5.78 Å². The molecule has 1 heterocycles. The third kappa shape index (κ3) is 3.65. The van der Waals surface area contributed by atoms with Crippen molar-refractivity contribution in [1.29, 1.82) is 0 Å². The normalized spacial score (nSPS) is 13.2. The lowest BCUT2D eigenvalue weighted by molar-refractivity contribution is -0.118. The van der Waals surface area contributed by atoms with Gasteiger partial charge in [-0.3, -0.25) is 9.59 Å². The SMILES string of the molecule is COc1ccc(C(=O)CCC(=O)N2CCCc3c(N)cccc32)cc1. The van der Waals surface area contributed by atoms with E-state index in [-0.39, 0.29) is 24.5 Å². The standard InChI is InChI=1S/C20H22N2O3/c1-25-15-9-7-14(8-10-15)19(23)11-12-20(24)22-13-3-4-16-17(21)5-2-6-18(16)22/h2,5-10H,3-4,11-13,21H2,1H3. The fourth-order valence-electron chi connectivity index (χ4n) is 3.19. The number of nitrogens with zero attached hydrogens (tertiary/aromatic N) is 1. The molecule has 5 nitrogen and oxygen atoms in total. The second-order valence-electron chi connectivity index (χ2n) is 6.15.